The lowest BCUT2D eigenvalue weighted by atomic mass is 9.71. The number of piperazine rings is 2. The number of amides is 1. The van der Waals surface area contributed by atoms with Gasteiger partial charge in [0.2, 0.25) is 19.5 Å². The number of benzene rings is 4. The number of nitrogens with one attached hydrogen (secondary N) is 1. The normalized spacial score (nSPS) is 26.6. The van der Waals surface area contributed by atoms with Crippen molar-refractivity contribution in [3.05, 3.63) is 115 Å². The smallest absolute Gasteiger partial charge is 0.231 e. The number of phenolic OH excluding ortho intramolecular Hbond substituents is 2. The Morgan fingerprint density at radius 2 is 1.10 bits per heavy atom. The van der Waals surface area contributed by atoms with Gasteiger partial charge in [-0.3, -0.25) is 24.4 Å². The van der Waals surface area contributed by atoms with Crippen molar-refractivity contribution in [3.63, 3.8) is 0 Å². The lowest BCUT2D eigenvalue weighted by Gasteiger charge is -2.60. The molecule has 8 heterocycles. The van der Waals surface area contributed by atoms with E-state index in [2.05, 4.69) is 76.4 Å². The highest BCUT2D eigenvalue weighted by Gasteiger charge is 2.58. The van der Waals surface area contributed by atoms with Gasteiger partial charge in [-0.1, -0.05) is 51.3 Å². The van der Waals surface area contributed by atoms with Crippen molar-refractivity contribution in [2.45, 2.75) is 141 Å². The fraction of sp³-hybridized carbons (Fsp3) is 0.500. The summed E-state index contributed by atoms with van der Waals surface area (Å²) in [6.45, 7) is 24.9. The predicted molar refractivity (Wildman–Crippen MR) is 297 cm³/mol. The lowest BCUT2D eigenvalue weighted by Crippen LogP contribution is -2.68. The van der Waals surface area contributed by atoms with Gasteiger partial charge >= 0.3 is 0 Å². The van der Waals surface area contributed by atoms with E-state index in [9.17, 15) is 25.5 Å². The Morgan fingerprint density at radius 1 is 0.684 bits per heavy atom. The number of fused-ring (bicyclic) bond motifs is 18. The Labute approximate surface area is 463 Å². The maximum atomic E-state index is 12.9. The van der Waals surface area contributed by atoms with Crippen LogP contribution in [0.2, 0.25) is 0 Å². The number of carbonyl (C=O) groups is 1. The van der Waals surface area contributed by atoms with Gasteiger partial charge < -0.3 is 49.7 Å². The zero-order valence-corrected chi connectivity index (χ0v) is 47.2. The summed E-state index contributed by atoms with van der Waals surface area (Å²) in [5, 5.41) is 47.4. The molecule has 0 aromatic heterocycles. The fourth-order valence-corrected chi connectivity index (χ4v) is 14.9. The molecule has 5 N–H and O–H groups in total. The first-order valence-electron chi connectivity index (χ1n) is 27.7. The van der Waals surface area contributed by atoms with Crippen molar-refractivity contribution < 1.29 is 43.4 Å². The van der Waals surface area contributed by atoms with Gasteiger partial charge in [0.15, 0.2) is 23.0 Å². The van der Waals surface area contributed by atoms with Crippen LogP contribution in [0, 0.1) is 70.1 Å². The standard InChI is InChI=1S/C33H40N4O5.C29H34N4O4/c1-8-9-40-30-19(6)31-32(42-15-41-31)27-21(30)12-23-28-26-20(10-17(4)18(5)29(26)38)11-22(36(28)7)24(13-34)37(23)25(27)14-35-33(39)16(2)3;1-6-7-35-27-16(4)28-29(37-13-36-28)24-18(27)10-20-25-23-17(8-14(2)15(3)26(23)34)9-19(32(25)5)21(11-30)33(20)22(24)12-31/h8,10,16,22-25,28,38H,1,9,11-12,14-15H2,2-7H3,(H,35,39);6,8,19-22,25,34H,1,7,9-10,12-13,31H2,2-5H3/t22-,23?,24-,25-,28-;19-,20?,21-,22-,25-/m00/s1. The fourth-order valence-electron chi connectivity index (χ4n) is 14.9. The minimum Gasteiger partial charge on any atom is -0.507 e. The number of ether oxygens (including phenoxy) is 6. The molecule has 0 radical (unpaired) electrons. The van der Waals surface area contributed by atoms with E-state index in [0.717, 1.165) is 89.4 Å². The molecule has 4 aromatic rings. The van der Waals surface area contributed by atoms with Gasteiger partial charge in [-0.05, 0) is 115 Å². The number of hydrogen-bond donors (Lipinski definition) is 4. The van der Waals surface area contributed by atoms with Crippen LogP contribution >= 0.6 is 0 Å². The van der Waals surface area contributed by atoms with E-state index in [-0.39, 0.29) is 79.8 Å². The van der Waals surface area contributed by atoms with Gasteiger partial charge in [0.1, 0.15) is 48.3 Å². The van der Waals surface area contributed by atoms with Crippen LogP contribution < -0.4 is 39.5 Å². The molecular formula is C62H74N8O9. The number of phenols is 2. The molecule has 0 aliphatic carbocycles. The van der Waals surface area contributed by atoms with E-state index in [1.54, 1.807) is 12.2 Å². The predicted octanol–water partition coefficient (Wildman–Crippen LogP) is 7.50. The van der Waals surface area contributed by atoms with Crippen LogP contribution in [0.5, 0.6) is 46.0 Å². The van der Waals surface area contributed by atoms with Crippen LogP contribution in [0.4, 0.5) is 0 Å². The van der Waals surface area contributed by atoms with E-state index in [4.69, 9.17) is 34.2 Å². The molecule has 8 aliphatic rings. The van der Waals surface area contributed by atoms with Gasteiger partial charge in [0.05, 0.1) is 36.3 Å². The molecule has 17 heteroatoms. The molecule has 2 unspecified atom stereocenters. The van der Waals surface area contributed by atoms with Crippen LogP contribution in [-0.2, 0) is 30.5 Å². The molecule has 0 spiro atoms. The molecule has 4 aromatic carbocycles. The van der Waals surface area contributed by atoms with E-state index in [1.807, 2.05) is 55.4 Å². The van der Waals surface area contributed by atoms with Crippen LogP contribution in [0.1, 0.15) is 116 Å². The molecule has 8 aliphatic heterocycles. The van der Waals surface area contributed by atoms with Gasteiger partial charge in [-0.2, -0.15) is 10.5 Å². The summed E-state index contributed by atoms with van der Waals surface area (Å²) in [5.74, 6) is 4.65. The van der Waals surface area contributed by atoms with Crippen molar-refractivity contribution >= 4 is 5.91 Å². The summed E-state index contributed by atoms with van der Waals surface area (Å²) in [5.41, 5.74) is 20.2. The van der Waals surface area contributed by atoms with Crippen molar-refractivity contribution in [3.8, 4) is 58.1 Å². The third kappa shape index (κ3) is 8.13. The van der Waals surface area contributed by atoms with Crippen LogP contribution in [0.3, 0.4) is 0 Å². The van der Waals surface area contributed by atoms with E-state index in [1.165, 1.54) is 0 Å². The van der Waals surface area contributed by atoms with Crippen molar-refractivity contribution in [1.29, 1.82) is 10.5 Å². The zero-order valence-electron chi connectivity index (χ0n) is 47.2. The Bertz CT molecular complexity index is 3290. The van der Waals surface area contributed by atoms with Crippen molar-refractivity contribution in [2.75, 3.05) is 54.0 Å². The Morgan fingerprint density at radius 3 is 1.51 bits per heavy atom. The van der Waals surface area contributed by atoms with E-state index < -0.39 is 6.04 Å². The van der Waals surface area contributed by atoms with Crippen LogP contribution in [0.25, 0.3) is 0 Å². The van der Waals surface area contributed by atoms with Crippen molar-refractivity contribution in [1.82, 2.24) is 24.9 Å². The van der Waals surface area contributed by atoms with Gasteiger partial charge in [0, 0.05) is 87.7 Å². The molecule has 4 bridgehead atoms. The quantitative estimate of drug-likeness (QED) is 0.113. The van der Waals surface area contributed by atoms with Gasteiger partial charge in [0.25, 0.3) is 0 Å². The molecule has 79 heavy (non-hydrogen) atoms. The second-order valence-electron chi connectivity index (χ2n) is 23.0. The van der Waals surface area contributed by atoms with Gasteiger partial charge in [-0.25, -0.2) is 0 Å². The summed E-state index contributed by atoms with van der Waals surface area (Å²) in [6, 6.07) is 7.54. The Balaban J connectivity index is 0.000000168. The molecule has 416 valence electrons. The first-order valence-corrected chi connectivity index (χ1v) is 27.7. The maximum Gasteiger partial charge on any atom is 0.231 e. The third-order valence-electron chi connectivity index (χ3n) is 18.8. The number of nitriles is 2. The molecule has 0 saturated carbocycles. The highest BCUT2D eigenvalue weighted by Crippen LogP contribution is 2.60. The monoisotopic (exact) mass is 1070 g/mol. The maximum absolute atomic E-state index is 12.9. The molecule has 2 saturated heterocycles. The average Bonchev–Trinajstić information content (AvgIpc) is 4.30. The average molecular weight is 1080 g/mol. The summed E-state index contributed by atoms with van der Waals surface area (Å²) in [7, 11) is 4.15. The molecule has 10 atom stereocenters. The molecule has 17 nitrogen and oxygen atoms in total. The minimum atomic E-state index is -0.459. The van der Waals surface area contributed by atoms with E-state index >= 15 is 0 Å². The van der Waals surface area contributed by atoms with Crippen LogP contribution in [-0.4, -0.2) is 126 Å². The number of aryl methyl sites for hydroxylation is 2. The molecular weight excluding hydrogens is 1000 g/mol. The minimum absolute atomic E-state index is 0.0250. The number of likely N-dealkylation sites (N-methyl/N-ethyl adjacent to an activating group) is 2. The van der Waals surface area contributed by atoms with Gasteiger partial charge in [-0.15, -0.1) is 0 Å². The summed E-state index contributed by atoms with van der Waals surface area (Å²) in [4.78, 5) is 22.1. The summed E-state index contributed by atoms with van der Waals surface area (Å²) < 4.78 is 36.6. The summed E-state index contributed by atoms with van der Waals surface area (Å²) >= 11 is 0. The second-order valence-corrected chi connectivity index (χ2v) is 23.0. The number of hydrogen-bond acceptors (Lipinski definition) is 16. The SMILES string of the molecule is C=CCOc1c(C)c2c(c3c1CC1[C@H]4c5c(cc(C)c(C)c5O)C[C@@H]([C@H](C#N)N1[C@H]3CN)N4C)OCO2.C=CCOc1c(C)c2c(c3c1CC1[C@H]4c5c(cc(C)c(C)c5O)C[C@@H]([C@H](C#N)N1[C@H]3CNC(=O)C(C)C)N4C)OCO2. The second kappa shape index (κ2) is 20.6. The molecule has 1 amide bonds. The first kappa shape index (κ1) is 54.0. The number of rotatable bonds is 10. The van der Waals surface area contributed by atoms with Crippen LogP contribution in [0.15, 0.2) is 37.4 Å². The number of nitrogens with zero attached hydrogens (tertiary/aromatic N) is 6. The Kier molecular flexibility index (Phi) is 14.1. The Hall–Kier alpha value is -6.99. The first-order chi connectivity index (χ1) is 37.9. The highest BCUT2D eigenvalue weighted by molar-refractivity contribution is 5.78. The number of aromatic hydroxyl groups is 2. The summed E-state index contributed by atoms with van der Waals surface area (Å²) in [6.07, 6.45) is 5.99. The highest BCUT2D eigenvalue weighted by atomic mass is 16.7. The number of carbonyl (C=O) groups excluding carboxylic acids is 1. The van der Waals surface area contributed by atoms with E-state index in [0.29, 0.717) is 86.5 Å². The lowest BCUT2D eigenvalue weighted by molar-refractivity contribution is -0.125. The largest absolute Gasteiger partial charge is 0.507 e. The zero-order chi connectivity index (χ0) is 56.2. The topological polar surface area (TPSA) is 212 Å². The molecule has 12 rings (SSSR count). The molecule has 2 fully saturated rings. The third-order valence-corrected chi connectivity index (χ3v) is 18.8. The van der Waals surface area contributed by atoms with Crippen molar-refractivity contribution in [2.24, 2.45) is 11.7 Å². The number of nitrogens with two attached hydrogens (primary N) is 1.